The molecule has 11 heteroatoms. The van der Waals surface area contributed by atoms with Crippen molar-refractivity contribution >= 4 is 23.4 Å². The largest absolute Gasteiger partial charge is 0.470 e. The van der Waals surface area contributed by atoms with Crippen molar-refractivity contribution in [2.75, 3.05) is 36.6 Å². The first kappa shape index (κ1) is 27.3. The van der Waals surface area contributed by atoms with Gasteiger partial charge in [-0.05, 0) is 56.7 Å². The fraction of sp³-hybridized carbons (Fsp3) is 0.414. The van der Waals surface area contributed by atoms with Crippen molar-refractivity contribution in [3.8, 4) is 23.2 Å². The van der Waals surface area contributed by atoms with Crippen LogP contribution in [-0.2, 0) is 14.9 Å². The molecule has 1 fully saturated rings. The highest BCUT2D eigenvalue weighted by molar-refractivity contribution is 5.95. The second kappa shape index (κ2) is 10.7. The van der Waals surface area contributed by atoms with Crippen LogP contribution in [0.4, 0.5) is 22.1 Å². The average Bonchev–Trinajstić information content (AvgIpc) is 3.55. The molecule has 2 aliphatic rings. The van der Waals surface area contributed by atoms with Crippen molar-refractivity contribution in [3.05, 3.63) is 53.9 Å². The molecule has 208 valence electrons. The summed E-state index contributed by atoms with van der Waals surface area (Å²) in [5, 5.41) is 23.6. The van der Waals surface area contributed by atoms with Gasteiger partial charge in [-0.1, -0.05) is 6.92 Å². The van der Waals surface area contributed by atoms with E-state index >= 15 is 0 Å². The minimum atomic E-state index is -0.798. The Labute approximate surface area is 232 Å². The minimum absolute atomic E-state index is 0.0698. The van der Waals surface area contributed by atoms with Crippen molar-refractivity contribution in [1.29, 1.82) is 5.26 Å². The molecule has 1 saturated heterocycles. The van der Waals surface area contributed by atoms with E-state index in [0.29, 0.717) is 53.2 Å². The maximum absolute atomic E-state index is 13.1. The number of nitrogens with zero attached hydrogens (tertiary/aromatic N) is 5. The van der Waals surface area contributed by atoms with E-state index in [1.54, 1.807) is 51.4 Å². The Bertz CT molecular complexity index is 1460. The summed E-state index contributed by atoms with van der Waals surface area (Å²) in [5.74, 6) is 0.745. The van der Waals surface area contributed by atoms with Crippen molar-refractivity contribution in [3.63, 3.8) is 0 Å². The topological polar surface area (TPSA) is 143 Å². The summed E-state index contributed by atoms with van der Waals surface area (Å²) >= 11 is 0. The third kappa shape index (κ3) is 5.54. The van der Waals surface area contributed by atoms with Gasteiger partial charge in [0.25, 0.3) is 0 Å². The van der Waals surface area contributed by atoms with Crippen molar-refractivity contribution in [1.82, 2.24) is 15.0 Å². The van der Waals surface area contributed by atoms with Gasteiger partial charge in [0.05, 0.1) is 36.8 Å². The van der Waals surface area contributed by atoms with E-state index in [0.717, 1.165) is 6.42 Å². The Hall–Kier alpha value is -4.27. The lowest BCUT2D eigenvalue weighted by Gasteiger charge is -2.26. The first-order valence-corrected chi connectivity index (χ1v) is 13.1. The van der Waals surface area contributed by atoms with Crippen molar-refractivity contribution in [2.24, 2.45) is 0 Å². The Kier molecular flexibility index (Phi) is 7.31. The first-order valence-electron chi connectivity index (χ1n) is 13.1. The normalized spacial score (nSPS) is 20.1. The molecule has 3 aromatic rings. The van der Waals surface area contributed by atoms with E-state index in [1.165, 1.54) is 4.90 Å². The number of ether oxygens (including phenoxy) is 3. The summed E-state index contributed by atoms with van der Waals surface area (Å²) in [6.07, 6.45) is 3.42. The number of benzene rings is 1. The van der Waals surface area contributed by atoms with Crippen LogP contribution in [-0.4, -0.2) is 64.2 Å². The molecular formula is C29H32N6O5. The highest BCUT2D eigenvalue weighted by Gasteiger charge is 2.44. The summed E-state index contributed by atoms with van der Waals surface area (Å²) in [6, 6.07) is 11.1. The van der Waals surface area contributed by atoms with Gasteiger partial charge in [0.1, 0.15) is 23.5 Å². The fourth-order valence-electron chi connectivity index (χ4n) is 4.78. The number of nitriles is 1. The zero-order valence-corrected chi connectivity index (χ0v) is 23.0. The SMILES string of the molecule is CC(C)(C)OC(=O)N1C[C@](C)(CO)c2cc(-c3ccnc(Nc4cccnc4O[C@@H]4CCOC4)n3)cc(C#N)c21. The zero-order valence-electron chi connectivity index (χ0n) is 23.0. The molecule has 0 spiro atoms. The number of fused-ring (bicyclic) bond motifs is 1. The molecule has 0 bridgehead atoms. The molecule has 0 unspecified atom stereocenters. The molecule has 1 aromatic carbocycles. The van der Waals surface area contributed by atoms with Gasteiger partial charge in [-0.25, -0.2) is 19.7 Å². The summed E-state index contributed by atoms with van der Waals surface area (Å²) < 4.78 is 17.0. The number of hydrogen-bond acceptors (Lipinski definition) is 10. The number of hydrogen-bond donors (Lipinski definition) is 2. The van der Waals surface area contributed by atoms with Crippen LogP contribution in [0.5, 0.6) is 5.88 Å². The van der Waals surface area contributed by atoms with E-state index in [1.807, 2.05) is 19.1 Å². The predicted molar refractivity (Wildman–Crippen MR) is 148 cm³/mol. The van der Waals surface area contributed by atoms with Crippen LogP contribution in [0.3, 0.4) is 0 Å². The number of aromatic nitrogens is 3. The highest BCUT2D eigenvalue weighted by atomic mass is 16.6. The quantitative estimate of drug-likeness (QED) is 0.460. The molecule has 2 aromatic heterocycles. The number of aliphatic hydroxyl groups excluding tert-OH is 1. The van der Waals surface area contributed by atoms with Crippen LogP contribution >= 0.6 is 0 Å². The van der Waals surface area contributed by atoms with Crippen molar-refractivity contribution < 1.29 is 24.1 Å². The number of carbonyl (C=O) groups is 1. The van der Waals surface area contributed by atoms with Gasteiger partial charge in [-0.2, -0.15) is 5.26 Å². The molecule has 2 N–H and O–H groups in total. The molecule has 1 amide bonds. The van der Waals surface area contributed by atoms with Crippen LogP contribution in [0.2, 0.25) is 0 Å². The first-order chi connectivity index (χ1) is 19.1. The number of aliphatic hydroxyl groups is 1. The molecule has 4 heterocycles. The van der Waals surface area contributed by atoms with Crippen molar-refractivity contribution in [2.45, 2.75) is 51.2 Å². The van der Waals surface area contributed by atoms with E-state index in [-0.39, 0.29) is 24.8 Å². The fourth-order valence-corrected chi connectivity index (χ4v) is 4.78. The second-order valence-electron chi connectivity index (χ2n) is 11.2. The van der Waals surface area contributed by atoms with Gasteiger partial charge < -0.3 is 24.6 Å². The summed E-state index contributed by atoms with van der Waals surface area (Å²) in [7, 11) is 0. The van der Waals surface area contributed by atoms with Gasteiger partial charge >= 0.3 is 6.09 Å². The van der Waals surface area contributed by atoms with Crippen LogP contribution in [0, 0.1) is 11.3 Å². The molecule has 2 aliphatic heterocycles. The van der Waals surface area contributed by atoms with E-state index in [4.69, 9.17) is 14.2 Å². The number of nitrogens with one attached hydrogen (secondary N) is 1. The summed E-state index contributed by atoms with van der Waals surface area (Å²) in [4.78, 5) is 27.9. The third-order valence-electron chi connectivity index (χ3n) is 6.76. The maximum Gasteiger partial charge on any atom is 0.414 e. The molecular weight excluding hydrogens is 512 g/mol. The van der Waals surface area contributed by atoms with Gasteiger partial charge in [-0.3, -0.25) is 4.90 Å². The van der Waals surface area contributed by atoms with Gasteiger partial charge in [0.15, 0.2) is 0 Å². The Morgan fingerprint density at radius 1 is 1.30 bits per heavy atom. The highest BCUT2D eigenvalue weighted by Crippen LogP contribution is 2.45. The van der Waals surface area contributed by atoms with Crippen LogP contribution in [0.1, 0.15) is 45.2 Å². The predicted octanol–water partition coefficient (Wildman–Crippen LogP) is 4.33. The maximum atomic E-state index is 13.1. The van der Waals surface area contributed by atoms with E-state index < -0.39 is 17.1 Å². The standard InChI is InChI=1S/C29H32N6O5/c1-28(2,3)40-27(37)35-16-29(4,17-36)21-13-18(12-19(14-30)24(21)35)22-7-10-32-26(33-22)34-23-6-5-9-31-25(23)39-20-8-11-38-15-20/h5-7,9-10,12-13,20,36H,8,11,15-17H2,1-4H3,(H,32,33,34)/t20-,29-/m1/s1. The number of anilines is 3. The number of carbonyl (C=O) groups excluding carboxylic acids is 1. The van der Waals surface area contributed by atoms with E-state index in [2.05, 4.69) is 26.3 Å². The third-order valence-corrected chi connectivity index (χ3v) is 6.76. The van der Waals surface area contributed by atoms with Crippen LogP contribution < -0.4 is 15.0 Å². The lowest BCUT2D eigenvalue weighted by molar-refractivity contribution is 0.0575. The molecule has 5 rings (SSSR count). The van der Waals surface area contributed by atoms with Gasteiger partial charge in [-0.15, -0.1) is 0 Å². The average molecular weight is 545 g/mol. The van der Waals surface area contributed by atoms with Gasteiger partial charge in [0, 0.05) is 36.3 Å². The Morgan fingerprint density at radius 2 is 2.12 bits per heavy atom. The molecule has 0 saturated carbocycles. The molecule has 0 radical (unpaired) electrons. The molecule has 2 atom stereocenters. The second-order valence-corrected chi connectivity index (χ2v) is 11.2. The van der Waals surface area contributed by atoms with E-state index in [9.17, 15) is 15.2 Å². The molecule has 11 nitrogen and oxygen atoms in total. The van der Waals surface area contributed by atoms with Crippen LogP contribution in [0.25, 0.3) is 11.3 Å². The number of pyridine rings is 1. The molecule has 40 heavy (non-hydrogen) atoms. The number of amides is 1. The summed E-state index contributed by atoms with van der Waals surface area (Å²) in [5.41, 5.74) is 1.71. The van der Waals surface area contributed by atoms with Gasteiger partial charge in [0.2, 0.25) is 11.8 Å². The lowest BCUT2D eigenvalue weighted by atomic mass is 9.83. The lowest BCUT2D eigenvalue weighted by Crippen LogP contribution is -2.40. The zero-order chi connectivity index (χ0) is 28.5. The minimum Gasteiger partial charge on any atom is -0.470 e. The monoisotopic (exact) mass is 544 g/mol. The Balaban J connectivity index is 1.48. The Morgan fingerprint density at radius 3 is 2.83 bits per heavy atom. The smallest absolute Gasteiger partial charge is 0.414 e. The van der Waals surface area contributed by atoms with Crippen LogP contribution in [0.15, 0.2) is 42.7 Å². The number of rotatable bonds is 6. The molecule has 0 aliphatic carbocycles. The summed E-state index contributed by atoms with van der Waals surface area (Å²) in [6.45, 7) is 8.33.